The van der Waals surface area contributed by atoms with Crippen LogP contribution >= 0.6 is 0 Å². The standard InChI is InChI=1S/C23H30N2O2/c1-19-7-13-22(14-8-19)27-17-5-6-23(26)24-18-20-9-11-21(12-10-20)25-15-3-2-4-16-25/h7-14H,2-6,15-18H2,1H3,(H,24,26). The normalized spacial score (nSPS) is 14.0. The Bertz CT molecular complexity index is 704. The number of nitrogens with one attached hydrogen (secondary N) is 1. The van der Waals surface area contributed by atoms with E-state index in [4.69, 9.17) is 4.74 Å². The molecule has 27 heavy (non-hydrogen) atoms. The number of nitrogens with zero attached hydrogens (tertiary/aromatic N) is 1. The van der Waals surface area contributed by atoms with Crippen molar-refractivity contribution >= 4 is 11.6 Å². The second kappa shape index (κ2) is 10.0. The first-order chi connectivity index (χ1) is 13.2. The molecule has 0 aromatic heterocycles. The van der Waals surface area contributed by atoms with Gasteiger partial charge >= 0.3 is 0 Å². The Morgan fingerprint density at radius 1 is 1.00 bits per heavy atom. The Morgan fingerprint density at radius 3 is 2.41 bits per heavy atom. The molecule has 1 amide bonds. The van der Waals surface area contributed by atoms with Gasteiger partial charge in [0.25, 0.3) is 0 Å². The second-order valence-corrected chi connectivity index (χ2v) is 7.26. The molecular weight excluding hydrogens is 336 g/mol. The van der Waals surface area contributed by atoms with Crippen LogP contribution in [-0.2, 0) is 11.3 Å². The van der Waals surface area contributed by atoms with Crippen LogP contribution in [0, 0.1) is 6.92 Å². The van der Waals surface area contributed by atoms with E-state index in [1.54, 1.807) is 0 Å². The van der Waals surface area contributed by atoms with Gasteiger partial charge in [-0.1, -0.05) is 29.8 Å². The number of anilines is 1. The summed E-state index contributed by atoms with van der Waals surface area (Å²) >= 11 is 0. The Hall–Kier alpha value is -2.49. The molecule has 0 saturated carbocycles. The first kappa shape index (κ1) is 19.3. The van der Waals surface area contributed by atoms with Gasteiger partial charge in [-0.15, -0.1) is 0 Å². The molecule has 0 radical (unpaired) electrons. The molecule has 3 rings (SSSR count). The van der Waals surface area contributed by atoms with Gasteiger partial charge in [0, 0.05) is 31.7 Å². The SMILES string of the molecule is Cc1ccc(OCCCC(=O)NCc2ccc(N3CCCCC3)cc2)cc1. The zero-order chi connectivity index (χ0) is 18.9. The number of piperidine rings is 1. The van der Waals surface area contributed by atoms with Gasteiger partial charge in [0.05, 0.1) is 6.61 Å². The molecule has 2 aromatic carbocycles. The number of amides is 1. The van der Waals surface area contributed by atoms with E-state index < -0.39 is 0 Å². The van der Waals surface area contributed by atoms with Gasteiger partial charge in [0.15, 0.2) is 0 Å². The second-order valence-electron chi connectivity index (χ2n) is 7.26. The highest BCUT2D eigenvalue weighted by molar-refractivity contribution is 5.75. The predicted molar refractivity (Wildman–Crippen MR) is 110 cm³/mol. The highest BCUT2D eigenvalue weighted by atomic mass is 16.5. The zero-order valence-electron chi connectivity index (χ0n) is 16.2. The van der Waals surface area contributed by atoms with Crippen LogP contribution in [0.3, 0.4) is 0 Å². The average Bonchev–Trinajstić information content (AvgIpc) is 2.72. The van der Waals surface area contributed by atoms with E-state index >= 15 is 0 Å². The fourth-order valence-electron chi connectivity index (χ4n) is 3.32. The molecule has 0 spiro atoms. The number of hydrogen-bond acceptors (Lipinski definition) is 3. The lowest BCUT2D eigenvalue weighted by molar-refractivity contribution is -0.121. The van der Waals surface area contributed by atoms with E-state index in [1.807, 2.05) is 24.3 Å². The molecule has 1 aliphatic rings. The Morgan fingerprint density at radius 2 is 1.70 bits per heavy atom. The molecule has 0 aliphatic carbocycles. The van der Waals surface area contributed by atoms with E-state index in [2.05, 4.69) is 41.4 Å². The molecule has 1 saturated heterocycles. The maximum absolute atomic E-state index is 12.0. The highest BCUT2D eigenvalue weighted by Gasteiger charge is 2.10. The van der Waals surface area contributed by atoms with E-state index in [-0.39, 0.29) is 5.91 Å². The maximum Gasteiger partial charge on any atom is 0.220 e. The summed E-state index contributed by atoms with van der Waals surface area (Å²) in [5.41, 5.74) is 3.64. The third-order valence-electron chi connectivity index (χ3n) is 4.99. The van der Waals surface area contributed by atoms with E-state index in [9.17, 15) is 4.79 Å². The van der Waals surface area contributed by atoms with E-state index in [0.717, 1.165) is 24.4 Å². The van der Waals surface area contributed by atoms with Crippen molar-refractivity contribution in [1.82, 2.24) is 5.32 Å². The minimum Gasteiger partial charge on any atom is -0.494 e. The molecule has 1 N–H and O–H groups in total. The predicted octanol–water partition coefficient (Wildman–Crippen LogP) is 4.46. The van der Waals surface area contributed by atoms with Crippen LogP contribution in [0.15, 0.2) is 48.5 Å². The summed E-state index contributed by atoms with van der Waals surface area (Å²) in [5.74, 6) is 0.928. The smallest absolute Gasteiger partial charge is 0.220 e. The van der Waals surface area contributed by atoms with Gasteiger partial charge in [0.2, 0.25) is 5.91 Å². The molecule has 0 unspecified atom stereocenters. The van der Waals surface area contributed by atoms with Gasteiger partial charge < -0.3 is 15.0 Å². The lowest BCUT2D eigenvalue weighted by Crippen LogP contribution is -2.29. The lowest BCUT2D eigenvalue weighted by Gasteiger charge is -2.28. The fraction of sp³-hybridized carbons (Fsp3) is 0.435. The molecule has 0 atom stereocenters. The summed E-state index contributed by atoms with van der Waals surface area (Å²) in [6, 6.07) is 16.5. The van der Waals surface area contributed by atoms with Crippen LogP contribution in [0.4, 0.5) is 5.69 Å². The van der Waals surface area contributed by atoms with Gasteiger partial charge in [-0.25, -0.2) is 0 Å². The molecule has 0 bridgehead atoms. The number of carbonyl (C=O) groups is 1. The average molecular weight is 367 g/mol. The third-order valence-corrected chi connectivity index (χ3v) is 4.99. The largest absolute Gasteiger partial charge is 0.494 e. The molecule has 4 heteroatoms. The minimum absolute atomic E-state index is 0.0719. The first-order valence-corrected chi connectivity index (χ1v) is 10.0. The number of benzene rings is 2. The van der Waals surface area contributed by atoms with Crippen LogP contribution in [0.2, 0.25) is 0 Å². The van der Waals surface area contributed by atoms with Crippen molar-refractivity contribution in [3.8, 4) is 5.75 Å². The summed E-state index contributed by atoms with van der Waals surface area (Å²) in [6.45, 7) is 5.50. The minimum atomic E-state index is 0.0719. The van der Waals surface area contributed by atoms with Gasteiger partial charge in [-0.2, -0.15) is 0 Å². The third kappa shape index (κ3) is 6.31. The lowest BCUT2D eigenvalue weighted by atomic mass is 10.1. The van der Waals surface area contributed by atoms with Crippen LogP contribution in [-0.4, -0.2) is 25.6 Å². The van der Waals surface area contributed by atoms with Crippen LogP contribution < -0.4 is 15.0 Å². The summed E-state index contributed by atoms with van der Waals surface area (Å²) in [6.07, 6.45) is 5.11. The number of ether oxygens (including phenoxy) is 1. The van der Waals surface area contributed by atoms with Crippen LogP contribution in [0.25, 0.3) is 0 Å². The van der Waals surface area contributed by atoms with Crippen molar-refractivity contribution in [2.75, 3.05) is 24.6 Å². The maximum atomic E-state index is 12.0. The van der Waals surface area contributed by atoms with Crippen molar-refractivity contribution < 1.29 is 9.53 Å². The molecule has 144 valence electrons. The Kier molecular flexibility index (Phi) is 7.14. The monoisotopic (exact) mass is 366 g/mol. The molecular formula is C23H30N2O2. The fourth-order valence-corrected chi connectivity index (χ4v) is 3.32. The van der Waals surface area contributed by atoms with Crippen LogP contribution in [0.1, 0.15) is 43.2 Å². The molecule has 1 fully saturated rings. The van der Waals surface area contributed by atoms with Crippen molar-refractivity contribution in [2.24, 2.45) is 0 Å². The van der Waals surface area contributed by atoms with Crippen LogP contribution in [0.5, 0.6) is 5.75 Å². The summed E-state index contributed by atoms with van der Waals surface area (Å²) in [4.78, 5) is 14.5. The summed E-state index contributed by atoms with van der Waals surface area (Å²) in [5, 5.41) is 3.00. The van der Waals surface area contributed by atoms with Gasteiger partial charge in [-0.05, 0) is 62.4 Å². The summed E-state index contributed by atoms with van der Waals surface area (Å²) in [7, 11) is 0. The van der Waals surface area contributed by atoms with E-state index in [0.29, 0.717) is 26.0 Å². The van der Waals surface area contributed by atoms with Crippen molar-refractivity contribution in [3.05, 3.63) is 59.7 Å². The number of rotatable bonds is 8. The topological polar surface area (TPSA) is 41.6 Å². The van der Waals surface area contributed by atoms with Crippen molar-refractivity contribution in [1.29, 1.82) is 0 Å². The Labute approximate surface area is 162 Å². The van der Waals surface area contributed by atoms with Gasteiger partial charge in [-0.3, -0.25) is 4.79 Å². The quantitative estimate of drug-likeness (QED) is 0.701. The van der Waals surface area contributed by atoms with Gasteiger partial charge in [0.1, 0.15) is 5.75 Å². The Balaban J connectivity index is 1.33. The van der Waals surface area contributed by atoms with Crippen molar-refractivity contribution in [2.45, 2.75) is 45.6 Å². The zero-order valence-corrected chi connectivity index (χ0v) is 16.2. The highest BCUT2D eigenvalue weighted by Crippen LogP contribution is 2.20. The first-order valence-electron chi connectivity index (χ1n) is 10.0. The summed E-state index contributed by atoms with van der Waals surface area (Å²) < 4.78 is 5.66. The molecule has 1 heterocycles. The number of hydrogen-bond donors (Lipinski definition) is 1. The van der Waals surface area contributed by atoms with Crippen molar-refractivity contribution in [3.63, 3.8) is 0 Å². The molecule has 2 aromatic rings. The number of aryl methyl sites for hydroxylation is 1. The number of carbonyl (C=O) groups excluding carboxylic acids is 1. The van der Waals surface area contributed by atoms with E-state index in [1.165, 1.54) is 30.5 Å². The molecule has 1 aliphatic heterocycles. The molecule has 4 nitrogen and oxygen atoms in total.